The Morgan fingerprint density at radius 2 is 2.10 bits per heavy atom. The second-order valence-electron chi connectivity index (χ2n) is 7.80. The number of aromatic nitrogens is 4. The van der Waals surface area contributed by atoms with Crippen LogP contribution in [0.15, 0.2) is 30.6 Å². The van der Waals surface area contributed by atoms with Gasteiger partial charge in [-0.15, -0.1) is 0 Å². The van der Waals surface area contributed by atoms with E-state index in [9.17, 15) is 14.6 Å². The zero-order valence-corrected chi connectivity index (χ0v) is 16.8. The number of para-hydroxylation sites is 1. The fraction of sp³-hybridized carbons (Fsp3) is 0.450. The number of ether oxygens (including phenoxy) is 1. The molecule has 2 aliphatic carbocycles. The number of rotatable bonds is 7. The van der Waals surface area contributed by atoms with Gasteiger partial charge in [0.2, 0.25) is 5.28 Å². The first-order valence-corrected chi connectivity index (χ1v) is 10.2. The molecule has 5 rings (SSSR count). The van der Waals surface area contributed by atoms with Crippen LogP contribution in [0, 0.1) is 5.92 Å². The number of aliphatic hydroxyl groups excluding tert-OH is 2. The van der Waals surface area contributed by atoms with Gasteiger partial charge in [0.05, 0.1) is 24.1 Å². The predicted molar refractivity (Wildman–Crippen MR) is 108 cm³/mol. The molecule has 0 saturated heterocycles. The average molecular weight is 434 g/mol. The number of alkyl halides is 1. The molecule has 0 unspecified atom stereocenters. The Hall–Kier alpha value is -2.49. The lowest BCUT2D eigenvalue weighted by molar-refractivity contribution is 0.0246. The number of anilines is 1. The normalized spacial score (nSPS) is 27.3. The van der Waals surface area contributed by atoms with E-state index in [-0.39, 0.29) is 23.3 Å². The Kier molecular flexibility index (Phi) is 4.76. The summed E-state index contributed by atoms with van der Waals surface area (Å²) in [5.41, 5.74) is 1.58. The number of nitrogens with zero attached hydrogens (tertiary/aromatic N) is 4. The molecule has 2 fully saturated rings. The molecule has 158 valence electrons. The molecule has 0 radical (unpaired) electrons. The van der Waals surface area contributed by atoms with E-state index >= 15 is 0 Å². The second kappa shape index (κ2) is 7.33. The van der Waals surface area contributed by atoms with Crippen molar-refractivity contribution in [2.75, 3.05) is 18.6 Å². The summed E-state index contributed by atoms with van der Waals surface area (Å²) in [4.78, 5) is 13.1. The zero-order chi connectivity index (χ0) is 20.9. The first kappa shape index (κ1) is 19.5. The van der Waals surface area contributed by atoms with Gasteiger partial charge >= 0.3 is 0 Å². The van der Waals surface area contributed by atoms with Crippen molar-refractivity contribution in [1.29, 1.82) is 0 Å². The SMILES string of the molecule is O[C@H]1[C@@H](O)C[C@@]2(n3cnc4c(NCc5ccccc5OCCF)nc(Cl)nc43)C[C@@H]12. The summed E-state index contributed by atoms with van der Waals surface area (Å²) in [5, 5.41) is 23.5. The third-order valence-corrected chi connectivity index (χ3v) is 6.24. The third-order valence-electron chi connectivity index (χ3n) is 6.07. The third kappa shape index (κ3) is 3.08. The molecule has 3 N–H and O–H groups in total. The lowest BCUT2D eigenvalue weighted by Crippen LogP contribution is -2.23. The summed E-state index contributed by atoms with van der Waals surface area (Å²) in [5.74, 6) is 1.05. The molecule has 2 aromatic heterocycles. The number of hydrogen-bond donors (Lipinski definition) is 3. The van der Waals surface area contributed by atoms with E-state index in [1.54, 1.807) is 12.4 Å². The van der Waals surface area contributed by atoms with Gasteiger partial charge in [-0.25, -0.2) is 9.37 Å². The molecular weight excluding hydrogens is 413 g/mol. The van der Waals surface area contributed by atoms with Crippen LogP contribution in [-0.4, -0.2) is 55.2 Å². The van der Waals surface area contributed by atoms with Crippen LogP contribution in [0.2, 0.25) is 5.28 Å². The number of benzene rings is 1. The quantitative estimate of drug-likeness (QED) is 0.491. The van der Waals surface area contributed by atoms with Gasteiger partial charge in [-0.1, -0.05) is 18.2 Å². The number of imidazole rings is 1. The molecule has 0 aliphatic heterocycles. The Bertz CT molecular complexity index is 1100. The van der Waals surface area contributed by atoms with Crippen molar-refractivity contribution in [2.45, 2.75) is 37.1 Å². The summed E-state index contributed by atoms with van der Waals surface area (Å²) in [7, 11) is 0. The number of fused-ring (bicyclic) bond motifs is 2. The fourth-order valence-corrected chi connectivity index (χ4v) is 4.73. The average Bonchev–Trinajstić information content (AvgIpc) is 3.19. The Balaban J connectivity index is 1.44. The highest BCUT2D eigenvalue weighted by molar-refractivity contribution is 6.28. The highest BCUT2D eigenvalue weighted by Gasteiger charge is 2.66. The summed E-state index contributed by atoms with van der Waals surface area (Å²) < 4.78 is 19.8. The van der Waals surface area contributed by atoms with Gasteiger partial charge in [0, 0.05) is 18.0 Å². The topological polar surface area (TPSA) is 105 Å². The minimum Gasteiger partial charge on any atom is -0.491 e. The van der Waals surface area contributed by atoms with Crippen LogP contribution in [0.25, 0.3) is 11.2 Å². The molecule has 2 heterocycles. The van der Waals surface area contributed by atoms with E-state index < -0.39 is 18.9 Å². The molecule has 2 saturated carbocycles. The molecule has 0 amide bonds. The standard InChI is InChI=1S/C20H21ClFN5O3/c21-19-25-17(23-9-11-3-1-2-4-14(11)30-6-5-22)15-18(26-19)27(10-24-15)20-7-12(20)16(29)13(28)8-20/h1-4,10,12-13,16,28-29H,5-9H2,(H,23,25,26)/t12-,13-,16+,20-/m0/s1. The van der Waals surface area contributed by atoms with E-state index in [4.69, 9.17) is 16.3 Å². The van der Waals surface area contributed by atoms with Crippen LogP contribution in [0.1, 0.15) is 18.4 Å². The van der Waals surface area contributed by atoms with Gasteiger partial charge < -0.3 is 24.8 Å². The molecule has 2 aliphatic rings. The fourth-order valence-electron chi connectivity index (χ4n) is 4.56. The first-order chi connectivity index (χ1) is 14.5. The van der Waals surface area contributed by atoms with Crippen molar-refractivity contribution in [3.8, 4) is 5.75 Å². The highest BCUT2D eigenvalue weighted by Crippen LogP contribution is 2.62. The molecule has 0 spiro atoms. The summed E-state index contributed by atoms with van der Waals surface area (Å²) in [6.07, 6.45) is 1.40. The minimum absolute atomic E-state index is 0.00798. The van der Waals surface area contributed by atoms with Gasteiger partial charge in [0.15, 0.2) is 17.0 Å². The van der Waals surface area contributed by atoms with Crippen LogP contribution in [0.5, 0.6) is 5.75 Å². The lowest BCUT2D eigenvalue weighted by atomic mass is 10.1. The number of hydrogen-bond acceptors (Lipinski definition) is 7. The van der Waals surface area contributed by atoms with Crippen molar-refractivity contribution in [2.24, 2.45) is 5.92 Å². The van der Waals surface area contributed by atoms with Crippen LogP contribution in [0.4, 0.5) is 10.2 Å². The summed E-state index contributed by atoms with van der Waals surface area (Å²) >= 11 is 6.19. The van der Waals surface area contributed by atoms with E-state index in [0.29, 0.717) is 35.7 Å². The lowest BCUT2D eigenvalue weighted by Gasteiger charge is -2.16. The van der Waals surface area contributed by atoms with E-state index in [2.05, 4.69) is 20.3 Å². The van der Waals surface area contributed by atoms with Crippen LogP contribution in [-0.2, 0) is 12.1 Å². The van der Waals surface area contributed by atoms with E-state index in [0.717, 1.165) is 12.0 Å². The predicted octanol–water partition coefficient (Wildman–Crippen LogP) is 2.28. The van der Waals surface area contributed by atoms with Crippen molar-refractivity contribution < 1.29 is 19.3 Å². The number of halogens is 2. The van der Waals surface area contributed by atoms with Crippen LogP contribution in [0.3, 0.4) is 0 Å². The maximum atomic E-state index is 12.5. The largest absolute Gasteiger partial charge is 0.491 e. The maximum Gasteiger partial charge on any atom is 0.226 e. The van der Waals surface area contributed by atoms with Gasteiger partial charge in [0.25, 0.3) is 0 Å². The van der Waals surface area contributed by atoms with Gasteiger partial charge in [-0.05, 0) is 30.5 Å². The minimum atomic E-state index is -0.753. The molecule has 0 bridgehead atoms. The first-order valence-electron chi connectivity index (χ1n) is 9.81. The van der Waals surface area contributed by atoms with Gasteiger partial charge in [-0.2, -0.15) is 9.97 Å². The molecule has 1 aromatic carbocycles. The number of nitrogens with one attached hydrogen (secondary N) is 1. The second-order valence-corrected chi connectivity index (χ2v) is 8.14. The van der Waals surface area contributed by atoms with Crippen molar-refractivity contribution in [3.63, 3.8) is 0 Å². The monoisotopic (exact) mass is 433 g/mol. The Morgan fingerprint density at radius 1 is 1.27 bits per heavy atom. The highest BCUT2D eigenvalue weighted by atomic mass is 35.5. The molecule has 30 heavy (non-hydrogen) atoms. The molecule has 4 atom stereocenters. The summed E-state index contributed by atoms with van der Waals surface area (Å²) in [6.45, 7) is -0.192. The summed E-state index contributed by atoms with van der Waals surface area (Å²) in [6, 6.07) is 7.37. The van der Waals surface area contributed by atoms with Crippen molar-refractivity contribution in [3.05, 3.63) is 41.4 Å². The maximum absolute atomic E-state index is 12.5. The molecule has 8 nitrogen and oxygen atoms in total. The van der Waals surface area contributed by atoms with Crippen molar-refractivity contribution in [1.82, 2.24) is 19.5 Å². The van der Waals surface area contributed by atoms with Crippen LogP contribution >= 0.6 is 11.6 Å². The molecule has 10 heteroatoms. The molecular formula is C20H21ClFN5O3. The Morgan fingerprint density at radius 3 is 2.87 bits per heavy atom. The van der Waals surface area contributed by atoms with Crippen LogP contribution < -0.4 is 10.1 Å². The van der Waals surface area contributed by atoms with Gasteiger partial charge in [-0.3, -0.25) is 0 Å². The van der Waals surface area contributed by atoms with E-state index in [1.165, 1.54) is 0 Å². The van der Waals surface area contributed by atoms with E-state index in [1.807, 2.05) is 22.8 Å². The Labute approximate surface area is 176 Å². The van der Waals surface area contributed by atoms with Gasteiger partial charge in [0.1, 0.15) is 19.0 Å². The van der Waals surface area contributed by atoms with Crippen molar-refractivity contribution >= 4 is 28.6 Å². The smallest absolute Gasteiger partial charge is 0.226 e. The molecule has 3 aromatic rings. The number of aliphatic hydroxyl groups is 2. The zero-order valence-electron chi connectivity index (χ0n) is 16.0.